The minimum absolute atomic E-state index is 0.568. The molecule has 0 spiro atoms. The molecule has 1 aromatic carbocycles. The summed E-state index contributed by atoms with van der Waals surface area (Å²) in [5.74, 6) is 0. The molecule has 0 saturated carbocycles. The number of halogens is 1. The SMILES string of the molecule is CCC(C)N1CCN(c2cc(Cl)ccc2CN)CC1. The van der Waals surface area contributed by atoms with E-state index in [0.717, 1.165) is 31.2 Å². The maximum Gasteiger partial charge on any atom is 0.0427 e. The molecule has 1 aromatic rings. The molecule has 1 heterocycles. The standard InChI is InChI=1S/C15H24ClN3/c1-3-12(2)18-6-8-19(9-7-18)15-10-14(16)5-4-13(15)11-17/h4-5,10,12H,3,6-9,11,17H2,1-2H3. The number of benzene rings is 1. The van der Waals surface area contributed by atoms with Gasteiger partial charge in [-0.25, -0.2) is 0 Å². The third-order valence-corrected chi connectivity index (χ3v) is 4.37. The van der Waals surface area contributed by atoms with Crippen molar-refractivity contribution in [3.8, 4) is 0 Å². The number of piperazine rings is 1. The fourth-order valence-electron chi connectivity index (χ4n) is 2.67. The van der Waals surface area contributed by atoms with Gasteiger partial charge in [0.2, 0.25) is 0 Å². The maximum atomic E-state index is 6.12. The van der Waals surface area contributed by atoms with Crippen LogP contribution < -0.4 is 10.6 Å². The molecular formula is C15H24ClN3. The first-order chi connectivity index (χ1) is 9.15. The first kappa shape index (κ1) is 14.6. The molecule has 1 aliphatic heterocycles. The zero-order chi connectivity index (χ0) is 13.8. The highest BCUT2D eigenvalue weighted by atomic mass is 35.5. The van der Waals surface area contributed by atoms with Crippen LogP contribution in [0.25, 0.3) is 0 Å². The topological polar surface area (TPSA) is 32.5 Å². The highest BCUT2D eigenvalue weighted by Gasteiger charge is 2.21. The second-order valence-corrected chi connectivity index (χ2v) is 5.69. The van der Waals surface area contributed by atoms with E-state index in [1.54, 1.807) is 0 Å². The summed E-state index contributed by atoms with van der Waals surface area (Å²) in [6.45, 7) is 9.46. The van der Waals surface area contributed by atoms with Crippen molar-refractivity contribution < 1.29 is 0 Å². The maximum absolute atomic E-state index is 6.12. The van der Waals surface area contributed by atoms with Crippen LogP contribution in [0.5, 0.6) is 0 Å². The minimum atomic E-state index is 0.568. The van der Waals surface area contributed by atoms with Crippen LogP contribution in [0.4, 0.5) is 5.69 Å². The van der Waals surface area contributed by atoms with Crippen molar-refractivity contribution in [3.05, 3.63) is 28.8 Å². The Morgan fingerprint density at radius 1 is 1.26 bits per heavy atom. The number of hydrogen-bond acceptors (Lipinski definition) is 3. The van der Waals surface area contributed by atoms with E-state index in [-0.39, 0.29) is 0 Å². The van der Waals surface area contributed by atoms with Crippen LogP contribution >= 0.6 is 11.6 Å². The number of nitrogens with zero attached hydrogens (tertiary/aromatic N) is 2. The van der Waals surface area contributed by atoms with Crippen molar-refractivity contribution in [2.24, 2.45) is 5.73 Å². The number of hydrogen-bond donors (Lipinski definition) is 1. The monoisotopic (exact) mass is 281 g/mol. The largest absolute Gasteiger partial charge is 0.369 e. The molecule has 0 amide bonds. The zero-order valence-electron chi connectivity index (χ0n) is 11.9. The van der Waals surface area contributed by atoms with Gasteiger partial charge in [-0.2, -0.15) is 0 Å². The molecule has 0 aliphatic carbocycles. The third kappa shape index (κ3) is 3.41. The highest BCUT2D eigenvalue weighted by Crippen LogP contribution is 2.26. The lowest BCUT2D eigenvalue weighted by molar-refractivity contribution is 0.192. The molecule has 1 aliphatic rings. The molecule has 0 bridgehead atoms. The van der Waals surface area contributed by atoms with Crippen molar-refractivity contribution in [3.63, 3.8) is 0 Å². The summed E-state index contributed by atoms with van der Waals surface area (Å²) in [6, 6.07) is 6.68. The average molecular weight is 282 g/mol. The number of rotatable bonds is 4. The molecule has 3 nitrogen and oxygen atoms in total. The average Bonchev–Trinajstić information content (AvgIpc) is 2.46. The zero-order valence-corrected chi connectivity index (χ0v) is 12.7. The van der Waals surface area contributed by atoms with Crippen LogP contribution in [-0.4, -0.2) is 37.1 Å². The molecule has 2 rings (SSSR count). The summed E-state index contributed by atoms with van der Waals surface area (Å²) in [5.41, 5.74) is 8.21. The van der Waals surface area contributed by atoms with Gasteiger partial charge < -0.3 is 10.6 Å². The molecule has 106 valence electrons. The summed E-state index contributed by atoms with van der Waals surface area (Å²) in [5, 5.41) is 0.788. The van der Waals surface area contributed by atoms with E-state index in [2.05, 4.69) is 23.6 Å². The summed E-state index contributed by atoms with van der Waals surface area (Å²) < 4.78 is 0. The van der Waals surface area contributed by atoms with Crippen LogP contribution in [0, 0.1) is 0 Å². The van der Waals surface area contributed by atoms with E-state index in [1.165, 1.54) is 17.7 Å². The predicted molar refractivity (Wildman–Crippen MR) is 82.9 cm³/mol. The Bertz CT molecular complexity index is 414. The van der Waals surface area contributed by atoms with Gasteiger partial charge in [-0.3, -0.25) is 4.90 Å². The van der Waals surface area contributed by atoms with E-state index in [4.69, 9.17) is 17.3 Å². The molecule has 1 unspecified atom stereocenters. The van der Waals surface area contributed by atoms with Crippen molar-refractivity contribution in [1.29, 1.82) is 0 Å². The van der Waals surface area contributed by atoms with Crippen LogP contribution in [0.1, 0.15) is 25.8 Å². The van der Waals surface area contributed by atoms with E-state index < -0.39 is 0 Å². The summed E-state index contributed by atoms with van der Waals surface area (Å²) in [4.78, 5) is 4.97. The molecule has 1 saturated heterocycles. The van der Waals surface area contributed by atoms with Gasteiger partial charge in [-0.1, -0.05) is 24.6 Å². The highest BCUT2D eigenvalue weighted by molar-refractivity contribution is 6.30. The van der Waals surface area contributed by atoms with Gasteiger partial charge in [0, 0.05) is 49.5 Å². The molecule has 1 atom stereocenters. The van der Waals surface area contributed by atoms with Crippen molar-refractivity contribution in [2.45, 2.75) is 32.9 Å². The lowest BCUT2D eigenvalue weighted by atomic mass is 10.1. The van der Waals surface area contributed by atoms with E-state index in [0.29, 0.717) is 12.6 Å². The summed E-state index contributed by atoms with van der Waals surface area (Å²) in [6.07, 6.45) is 1.21. The smallest absolute Gasteiger partial charge is 0.0427 e. The first-order valence-electron chi connectivity index (χ1n) is 7.13. The molecule has 19 heavy (non-hydrogen) atoms. The van der Waals surface area contributed by atoms with E-state index in [9.17, 15) is 0 Å². The minimum Gasteiger partial charge on any atom is -0.369 e. The number of anilines is 1. The molecule has 1 fully saturated rings. The summed E-state index contributed by atoms with van der Waals surface area (Å²) in [7, 11) is 0. The normalized spacial score (nSPS) is 18.6. The fourth-order valence-corrected chi connectivity index (χ4v) is 2.83. The van der Waals surface area contributed by atoms with Gasteiger partial charge in [0.05, 0.1) is 0 Å². The van der Waals surface area contributed by atoms with Crippen LogP contribution in [0.2, 0.25) is 5.02 Å². The van der Waals surface area contributed by atoms with Gasteiger partial charge in [0.1, 0.15) is 0 Å². The van der Waals surface area contributed by atoms with E-state index in [1.807, 2.05) is 18.2 Å². The van der Waals surface area contributed by atoms with Gasteiger partial charge >= 0.3 is 0 Å². The van der Waals surface area contributed by atoms with E-state index >= 15 is 0 Å². The first-order valence-corrected chi connectivity index (χ1v) is 7.51. The second-order valence-electron chi connectivity index (χ2n) is 5.26. The molecule has 4 heteroatoms. The summed E-state index contributed by atoms with van der Waals surface area (Å²) >= 11 is 6.12. The molecule has 0 aromatic heterocycles. The van der Waals surface area contributed by atoms with Crippen molar-refractivity contribution in [2.75, 3.05) is 31.1 Å². The molecule has 0 radical (unpaired) electrons. The van der Waals surface area contributed by atoms with Crippen LogP contribution in [-0.2, 0) is 6.54 Å². The Hall–Kier alpha value is -0.770. The Labute approximate surface area is 121 Å². The molecular weight excluding hydrogens is 258 g/mol. The van der Waals surface area contributed by atoms with Crippen molar-refractivity contribution in [1.82, 2.24) is 4.90 Å². The van der Waals surface area contributed by atoms with Gasteiger partial charge in [-0.05, 0) is 31.0 Å². The third-order valence-electron chi connectivity index (χ3n) is 4.14. The quantitative estimate of drug-likeness (QED) is 0.921. The van der Waals surface area contributed by atoms with Gasteiger partial charge in [0.15, 0.2) is 0 Å². The van der Waals surface area contributed by atoms with Crippen molar-refractivity contribution >= 4 is 17.3 Å². The molecule has 2 N–H and O–H groups in total. The van der Waals surface area contributed by atoms with Crippen LogP contribution in [0.15, 0.2) is 18.2 Å². The Kier molecular flexibility index (Phi) is 5.08. The van der Waals surface area contributed by atoms with Gasteiger partial charge in [0.25, 0.3) is 0 Å². The predicted octanol–water partition coefficient (Wildman–Crippen LogP) is 2.72. The number of nitrogens with two attached hydrogens (primary N) is 1. The lowest BCUT2D eigenvalue weighted by Crippen LogP contribution is -2.49. The van der Waals surface area contributed by atoms with Crippen LogP contribution in [0.3, 0.4) is 0 Å². The Morgan fingerprint density at radius 2 is 1.95 bits per heavy atom. The fraction of sp³-hybridized carbons (Fsp3) is 0.600. The second kappa shape index (κ2) is 6.60. The lowest BCUT2D eigenvalue weighted by Gasteiger charge is -2.39. The van der Waals surface area contributed by atoms with Gasteiger partial charge in [-0.15, -0.1) is 0 Å². The Balaban J connectivity index is 2.07. The Morgan fingerprint density at radius 3 is 2.53 bits per heavy atom.